The van der Waals surface area contributed by atoms with Crippen LogP contribution in [0.3, 0.4) is 0 Å². The molecule has 0 heterocycles. The van der Waals surface area contributed by atoms with Crippen LogP contribution in [0.2, 0.25) is 0 Å². The van der Waals surface area contributed by atoms with E-state index < -0.39 is 10.0 Å². The van der Waals surface area contributed by atoms with Crippen molar-refractivity contribution in [2.45, 2.75) is 0 Å². The second-order valence-corrected chi connectivity index (χ2v) is 7.07. The van der Waals surface area contributed by atoms with Crippen molar-refractivity contribution in [1.29, 1.82) is 0 Å². The summed E-state index contributed by atoms with van der Waals surface area (Å²) in [6, 6.07) is 13.6. The van der Waals surface area contributed by atoms with Crippen LogP contribution in [0.4, 0.5) is 5.69 Å². The van der Waals surface area contributed by atoms with Crippen LogP contribution < -0.4 is 9.46 Å². The van der Waals surface area contributed by atoms with E-state index in [4.69, 9.17) is 4.74 Å². The van der Waals surface area contributed by atoms with Gasteiger partial charge in [-0.15, -0.1) is 0 Å². The number of benzene rings is 2. The minimum atomic E-state index is -3.33. The summed E-state index contributed by atoms with van der Waals surface area (Å²) < 4.78 is 30.1. The minimum absolute atomic E-state index is 0.169. The molecule has 1 N–H and O–H groups in total. The fourth-order valence-corrected chi connectivity index (χ4v) is 2.58. The van der Waals surface area contributed by atoms with Gasteiger partial charge in [0, 0.05) is 11.3 Å². The van der Waals surface area contributed by atoms with Gasteiger partial charge in [-0.3, -0.25) is 9.52 Å². The van der Waals surface area contributed by atoms with E-state index in [1.54, 1.807) is 36.4 Å². The molecule has 0 aromatic heterocycles. The molecular weight excluding hydrogens is 338 g/mol. The lowest BCUT2D eigenvalue weighted by atomic mass is 10.1. The number of anilines is 1. The number of rotatable bonds is 8. The van der Waals surface area contributed by atoms with E-state index in [0.29, 0.717) is 17.9 Å². The van der Waals surface area contributed by atoms with Gasteiger partial charge in [-0.25, -0.2) is 8.42 Å². The summed E-state index contributed by atoms with van der Waals surface area (Å²) in [5.41, 5.74) is 1.76. The molecule has 0 bridgehead atoms. The number of ketones is 1. The molecule has 0 saturated heterocycles. The van der Waals surface area contributed by atoms with E-state index in [0.717, 1.165) is 17.6 Å². The number of nitrogens with one attached hydrogen (secondary N) is 1. The molecule has 0 unspecified atom stereocenters. The molecular formula is C19H19NO4S. The average Bonchev–Trinajstić information content (AvgIpc) is 2.58. The topological polar surface area (TPSA) is 72.5 Å². The van der Waals surface area contributed by atoms with Crippen LogP contribution >= 0.6 is 0 Å². The van der Waals surface area contributed by atoms with Crippen molar-refractivity contribution in [3.63, 3.8) is 0 Å². The van der Waals surface area contributed by atoms with Crippen LogP contribution in [0.25, 0.3) is 6.08 Å². The number of hydrogen-bond acceptors (Lipinski definition) is 4. The van der Waals surface area contributed by atoms with Gasteiger partial charge in [-0.2, -0.15) is 0 Å². The highest BCUT2D eigenvalue weighted by atomic mass is 32.2. The Balaban J connectivity index is 2.01. The van der Waals surface area contributed by atoms with Gasteiger partial charge in [0.15, 0.2) is 5.78 Å². The van der Waals surface area contributed by atoms with Crippen molar-refractivity contribution in [2.75, 3.05) is 17.6 Å². The van der Waals surface area contributed by atoms with Crippen molar-refractivity contribution in [2.24, 2.45) is 0 Å². The fourth-order valence-electron chi connectivity index (χ4n) is 2.02. The Bertz CT molecular complexity index is 867. The van der Waals surface area contributed by atoms with Gasteiger partial charge in [0.1, 0.15) is 12.4 Å². The molecule has 0 spiro atoms. The minimum Gasteiger partial charge on any atom is -0.490 e. The summed E-state index contributed by atoms with van der Waals surface area (Å²) >= 11 is 0. The molecule has 0 atom stereocenters. The Labute approximate surface area is 147 Å². The van der Waals surface area contributed by atoms with E-state index in [9.17, 15) is 13.2 Å². The second kappa shape index (κ2) is 8.30. The zero-order chi connectivity index (χ0) is 18.3. The first-order valence-corrected chi connectivity index (χ1v) is 9.40. The Morgan fingerprint density at radius 2 is 1.76 bits per heavy atom. The van der Waals surface area contributed by atoms with Gasteiger partial charge < -0.3 is 4.74 Å². The van der Waals surface area contributed by atoms with Crippen LogP contribution in [-0.2, 0) is 10.0 Å². The normalized spacial score (nSPS) is 11.2. The quantitative estimate of drug-likeness (QED) is 0.446. The number of carbonyl (C=O) groups excluding carboxylic acids is 1. The first kappa shape index (κ1) is 18.5. The first-order chi connectivity index (χ1) is 11.9. The van der Waals surface area contributed by atoms with Gasteiger partial charge in [-0.05, 0) is 48.0 Å². The highest BCUT2D eigenvalue weighted by Crippen LogP contribution is 2.15. The van der Waals surface area contributed by atoms with E-state index >= 15 is 0 Å². The van der Waals surface area contributed by atoms with Gasteiger partial charge in [-0.1, -0.05) is 30.9 Å². The van der Waals surface area contributed by atoms with Gasteiger partial charge >= 0.3 is 0 Å². The standard InChI is InChI=1S/C19H19NO4S/c1-3-14-24-18-11-4-15(5-12-18)6-13-19(21)16-7-9-17(10-8-16)20-25(2,22)23/h3-13,20H,1,14H2,2H3. The zero-order valence-corrected chi connectivity index (χ0v) is 14.6. The molecule has 5 nitrogen and oxygen atoms in total. The maximum atomic E-state index is 12.2. The van der Waals surface area contributed by atoms with E-state index in [-0.39, 0.29) is 5.78 Å². The van der Waals surface area contributed by atoms with Crippen molar-refractivity contribution >= 4 is 27.6 Å². The molecule has 0 radical (unpaired) electrons. The van der Waals surface area contributed by atoms with Gasteiger partial charge in [0.25, 0.3) is 0 Å². The molecule has 6 heteroatoms. The fraction of sp³-hybridized carbons (Fsp3) is 0.105. The molecule has 2 rings (SSSR count). The highest BCUT2D eigenvalue weighted by molar-refractivity contribution is 7.92. The summed E-state index contributed by atoms with van der Waals surface area (Å²) in [6.07, 6.45) is 5.92. The predicted octanol–water partition coefficient (Wildman–Crippen LogP) is 3.52. The summed E-state index contributed by atoms with van der Waals surface area (Å²) in [7, 11) is -3.33. The Morgan fingerprint density at radius 1 is 1.12 bits per heavy atom. The molecule has 0 amide bonds. The summed E-state index contributed by atoms with van der Waals surface area (Å²) in [6.45, 7) is 4.03. The Morgan fingerprint density at radius 3 is 2.32 bits per heavy atom. The third-order valence-corrected chi connectivity index (χ3v) is 3.75. The van der Waals surface area contributed by atoms with Gasteiger partial charge in [0.05, 0.1) is 6.26 Å². The SMILES string of the molecule is C=CCOc1ccc(C=CC(=O)c2ccc(NS(C)(=O)=O)cc2)cc1. The number of allylic oxidation sites excluding steroid dienone is 1. The number of ether oxygens (including phenoxy) is 1. The van der Waals surface area contributed by atoms with Crippen LogP contribution in [-0.4, -0.2) is 27.1 Å². The van der Waals surface area contributed by atoms with Crippen molar-refractivity contribution in [3.05, 3.63) is 78.4 Å². The number of carbonyl (C=O) groups is 1. The smallest absolute Gasteiger partial charge is 0.229 e. The van der Waals surface area contributed by atoms with E-state index in [1.165, 1.54) is 6.08 Å². The Kier molecular flexibility index (Phi) is 6.14. The molecule has 0 saturated carbocycles. The molecule has 130 valence electrons. The Hall–Kier alpha value is -2.86. The summed E-state index contributed by atoms with van der Waals surface area (Å²) in [5.74, 6) is 0.565. The summed E-state index contributed by atoms with van der Waals surface area (Å²) in [5, 5.41) is 0. The predicted molar refractivity (Wildman–Crippen MR) is 100 cm³/mol. The third kappa shape index (κ3) is 6.27. The summed E-state index contributed by atoms with van der Waals surface area (Å²) in [4.78, 5) is 12.2. The maximum Gasteiger partial charge on any atom is 0.229 e. The van der Waals surface area contributed by atoms with Crippen molar-refractivity contribution < 1.29 is 17.9 Å². The van der Waals surface area contributed by atoms with Crippen LogP contribution in [0, 0.1) is 0 Å². The van der Waals surface area contributed by atoms with Crippen LogP contribution in [0.5, 0.6) is 5.75 Å². The molecule has 0 aliphatic carbocycles. The molecule has 2 aromatic rings. The second-order valence-electron chi connectivity index (χ2n) is 5.32. The van der Waals surface area contributed by atoms with Crippen molar-refractivity contribution in [1.82, 2.24) is 0 Å². The molecule has 0 aliphatic heterocycles. The van der Waals surface area contributed by atoms with Crippen LogP contribution in [0.15, 0.2) is 67.3 Å². The molecule has 0 fully saturated rings. The number of sulfonamides is 1. The largest absolute Gasteiger partial charge is 0.490 e. The monoisotopic (exact) mass is 357 g/mol. The lowest BCUT2D eigenvalue weighted by Crippen LogP contribution is -2.09. The maximum absolute atomic E-state index is 12.2. The zero-order valence-electron chi connectivity index (χ0n) is 13.8. The first-order valence-electron chi connectivity index (χ1n) is 7.51. The molecule has 2 aromatic carbocycles. The van der Waals surface area contributed by atoms with Gasteiger partial charge in [0.2, 0.25) is 10.0 Å². The third-order valence-electron chi connectivity index (χ3n) is 3.15. The lowest BCUT2D eigenvalue weighted by Gasteiger charge is -2.04. The molecule has 25 heavy (non-hydrogen) atoms. The number of hydrogen-bond donors (Lipinski definition) is 1. The van der Waals surface area contributed by atoms with Crippen LogP contribution in [0.1, 0.15) is 15.9 Å². The lowest BCUT2D eigenvalue weighted by molar-refractivity contribution is 0.104. The molecule has 0 aliphatic rings. The van der Waals surface area contributed by atoms with E-state index in [1.807, 2.05) is 24.3 Å². The highest BCUT2D eigenvalue weighted by Gasteiger charge is 2.04. The van der Waals surface area contributed by atoms with Crippen molar-refractivity contribution in [3.8, 4) is 5.75 Å². The average molecular weight is 357 g/mol. The van der Waals surface area contributed by atoms with E-state index in [2.05, 4.69) is 11.3 Å².